The van der Waals surface area contributed by atoms with Crippen molar-refractivity contribution in [3.8, 4) is 0 Å². The topological polar surface area (TPSA) is 49.3 Å². The van der Waals surface area contributed by atoms with Crippen LogP contribution in [0.3, 0.4) is 0 Å². The van der Waals surface area contributed by atoms with Crippen LogP contribution >= 0.6 is 12.4 Å². The van der Waals surface area contributed by atoms with E-state index >= 15 is 0 Å². The van der Waals surface area contributed by atoms with Crippen molar-refractivity contribution in [2.75, 3.05) is 0 Å². The van der Waals surface area contributed by atoms with Gasteiger partial charge < -0.3 is 10.4 Å². The van der Waals surface area contributed by atoms with Crippen LogP contribution in [0, 0.1) is 11.6 Å². The summed E-state index contributed by atoms with van der Waals surface area (Å²) < 4.78 is 26.1. The van der Waals surface area contributed by atoms with Gasteiger partial charge in [0.2, 0.25) is 0 Å². The Bertz CT molecular complexity index is 402. The standard InChI is InChI=1S/C12H15F2NO2.ClH/c1-2-3-11(12(16)17)15-7-8-6-9(13)4-5-10(8)14;/h4-6,11,15H,2-3,7H2,1H3,(H,16,17);1H. The van der Waals surface area contributed by atoms with Crippen molar-refractivity contribution in [1.82, 2.24) is 5.32 Å². The lowest BCUT2D eigenvalue weighted by molar-refractivity contribution is -0.139. The SMILES string of the molecule is CCCC(NCc1cc(F)ccc1F)C(=O)O.Cl. The van der Waals surface area contributed by atoms with E-state index in [1.165, 1.54) is 0 Å². The quantitative estimate of drug-likeness (QED) is 0.842. The molecule has 0 fully saturated rings. The van der Waals surface area contributed by atoms with Crippen molar-refractivity contribution in [3.05, 3.63) is 35.4 Å². The summed E-state index contributed by atoms with van der Waals surface area (Å²) in [5, 5.41) is 11.6. The normalized spacial score (nSPS) is 11.7. The second-order valence-corrected chi connectivity index (χ2v) is 3.80. The number of nitrogens with one attached hydrogen (secondary N) is 1. The lowest BCUT2D eigenvalue weighted by Gasteiger charge is -2.13. The minimum atomic E-state index is -0.983. The third-order valence-corrected chi connectivity index (χ3v) is 2.42. The van der Waals surface area contributed by atoms with Crippen molar-refractivity contribution in [3.63, 3.8) is 0 Å². The first-order chi connectivity index (χ1) is 8.04. The summed E-state index contributed by atoms with van der Waals surface area (Å²) in [6.45, 7) is 1.86. The van der Waals surface area contributed by atoms with Gasteiger partial charge in [-0.25, -0.2) is 8.78 Å². The fourth-order valence-electron chi connectivity index (χ4n) is 1.51. The molecule has 0 amide bonds. The maximum absolute atomic E-state index is 13.3. The van der Waals surface area contributed by atoms with Gasteiger partial charge in [0.25, 0.3) is 0 Å². The predicted molar refractivity (Wildman–Crippen MR) is 66.8 cm³/mol. The summed E-state index contributed by atoms with van der Waals surface area (Å²) in [6, 6.07) is 2.39. The van der Waals surface area contributed by atoms with Gasteiger partial charge in [0.05, 0.1) is 0 Å². The van der Waals surface area contributed by atoms with Crippen LogP contribution in [-0.4, -0.2) is 17.1 Å². The number of aliphatic carboxylic acids is 1. The minimum absolute atomic E-state index is 0. The first kappa shape index (κ1) is 16.8. The highest BCUT2D eigenvalue weighted by molar-refractivity contribution is 5.85. The molecule has 0 aliphatic rings. The third-order valence-electron chi connectivity index (χ3n) is 2.42. The molecule has 0 saturated heterocycles. The second kappa shape index (κ2) is 8.00. The van der Waals surface area contributed by atoms with Gasteiger partial charge in [-0.15, -0.1) is 12.4 Å². The Hall–Kier alpha value is -1.20. The monoisotopic (exact) mass is 279 g/mol. The highest BCUT2D eigenvalue weighted by Gasteiger charge is 2.16. The molecule has 3 nitrogen and oxygen atoms in total. The minimum Gasteiger partial charge on any atom is -0.480 e. The molecule has 0 saturated carbocycles. The Morgan fingerprint density at radius 1 is 1.44 bits per heavy atom. The largest absolute Gasteiger partial charge is 0.480 e. The van der Waals surface area contributed by atoms with Crippen molar-refractivity contribution >= 4 is 18.4 Å². The van der Waals surface area contributed by atoms with E-state index in [4.69, 9.17) is 5.11 Å². The van der Waals surface area contributed by atoms with Crippen LogP contribution in [0.1, 0.15) is 25.3 Å². The molecular formula is C12H16ClF2NO2. The number of carbonyl (C=O) groups is 1. The van der Waals surface area contributed by atoms with E-state index in [-0.39, 0.29) is 24.5 Å². The van der Waals surface area contributed by atoms with Crippen LogP contribution in [0.5, 0.6) is 0 Å². The Labute approximate surface area is 111 Å². The number of halogens is 3. The number of hydrogen-bond acceptors (Lipinski definition) is 2. The van der Waals surface area contributed by atoms with E-state index in [0.717, 1.165) is 18.2 Å². The zero-order valence-corrected chi connectivity index (χ0v) is 10.8. The number of carboxylic acid groups (broad SMARTS) is 1. The first-order valence-electron chi connectivity index (χ1n) is 5.44. The Kier molecular flexibility index (Phi) is 7.47. The fraction of sp³-hybridized carbons (Fsp3) is 0.417. The summed E-state index contributed by atoms with van der Waals surface area (Å²) in [7, 11) is 0. The van der Waals surface area contributed by atoms with Gasteiger partial charge in [-0.2, -0.15) is 0 Å². The molecule has 6 heteroatoms. The Balaban J connectivity index is 0.00000289. The van der Waals surface area contributed by atoms with Gasteiger partial charge in [-0.05, 0) is 24.6 Å². The summed E-state index contributed by atoms with van der Waals surface area (Å²) >= 11 is 0. The number of rotatable bonds is 6. The van der Waals surface area contributed by atoms with Crippen LogP contribution in [-0.2, 0) is 11.3 Å². The maximum atomic E-state index is 13.3. The average Bonchev–Trinajstić information content (AvgIpc) is 2.28. The van der Waals surface area contributed by atoms with Crippen molar-refractivity contribution in [1.29, 1.82) is 0 Å². The molecule has 0 bridgehead atoms. The number of hydrogen-bond donors (Lipinski definition) is 2. The molecule has 1 aromatic carbocycles. The molecular weight excluding hydrogens is 264 g/mol. The van der Waals surface area contributed by atoms with Crippen molar-refractivity contribution in [2.45, 2.75) is 32.4 Å². The maximum Gasteiger partial charge on any atom is 0.320 e. The molecule has 0 aliphatic carbocycles. The van der Waals surface area contributed by atoms with Gasteiger partial charge in [0.15, 0.2) is 0 Å². The molecule has 0 aromatic heterocycles. The molecule has 1 rings (SSSR count). The van der Waals surface area contributed by atoms with Gasteiger partial charge in [0.1, 0.15) is 17.7 Å². The van der Waals surface area contributed by atoms with Gasteiger partial charge in [-0.3, -0.25) is 4.79 Å². The van der Waals surface area contributed by atoms with E-state index in [1.807, 2.05) is 6.92 Å². The Morgan fingerprint density at radius 3 is 2.67 bits per heavy atom. The molecule has 18 heavy (non-hydrogen) atoms. The summed E-state index contributed by atoms with van der Waals surface area (Å²) in [5.41, 5.74) is 0.132. The summed E-state index contributed by atoms with van der Waals surface area (Å²) in [4.78, 5) is 10.8. The van der Waals surface area contributed by atoms with Crippen LogP contribution < -0.4 is 5.32 Å². The molecule has 0 spiro atoms. The van der Waals surface area contributed by atoms with Gasteiger partial charge >= 0.3 is 5.97 Å². The van der Waals surface area contributed by atoms with E-state index in [0.29, 0.717) is 12.8 Å². The highest BCUT2D eigenvalue weighted by Crippen LogP contribution is 2.10. The van der Waals surface area contributed by atoms with Gasteiger partial charge in [-0.1, -0.05) is 13.3 Å². The Morgan fingerprint density at radius 2 is 2.11 bits per heavy atom. The molecule has 0 aliphatic heterocycles. The van der Waals surface area contributed by atoms with Crippen LogP contribution in [0.2, 0.25) is 0 Å². The average molecular weight is 280 g/mol. The lowest BCUT2D eigenvalue weighted by atomic mass is 10.1. The third kappa shape index (κ3) is 4.98. The van der Waals surface area contributed by atoms with Crippen molar-refractivity contribution in [2.24, 2.45) is 0 Å². The van der Waals surface area contributed by atoms with Crippen LogP contribution in [0.25, 0.3) is 0 Å². The highest BCUT2D eigenvalue weighted by atomic mass is 35.5. The molecule has 1 atom stereocenters. The lowest BCUT2D eigenvalue weighted by Crippen LogP contribution is -2.36. The molecule has 0 heterocycles. The zero-order chi connectivity index (χ0) is 12.8. The van der Waals surface area contributed by atoms with Crippen molar-refractivity contribution < 1.29 is 18.7 Å². The summed E-state index contributed by atoms with van der Waals surface area (Å²) in [6.07, 6.45) is 1.15. The summed E-state index contributed by atoms with van der Waals surface area (Å²) in [5.74, 6) is -2.06. The van der Waals surface area contributed by atoms with Crippen LogP contribution in [0.15, 0.2) is 18.2 Å². The second-order valence-electron chi connectivity index (χ2n) is 3.80. The zero-order valence-electron chi connectivity index (χ0n) is 9.95. The molecule has 1 unspecified atom stereocenters. The molecule has 102 valence electrons. The van der Waals surface area contributed by atoms with E-state index in [1.54, 1.807) is 0 Å². The number of carboxylic acids is 1. The number of benzene rings is 1. The van der Waals surface area contributed by atoms with E-state index in [2.05, 4.69) is 5.32 Å². The van der Waals surface area contributed by atoms with Crippen LogP contribution in [0.4, 0.5) is 8.78 Å². The van der Waals surface area contributed by atoms with E-state index in [9.17, 15) is 13.6 Å². The molecule has 0 radical (unpaired) electrons. The first-order valence-corrected chi connectivity index (χ1v) is 5.44. The molecule has 2 N–H and O–H groups in total. The smallest absolute Gasteiger partial charge is 0.320 e. The predicted octanol–water partition coefficient (Wildman–Crippen LogP) is 2.73. The van der Waals surface area contributed by atoms with E-state index < -0.39 is 23.6 Å². The molecule has 1 aromatic rings. The van der Waals surface area contributed by atoms with Gasteiger partial charge in [0, 0.05) is 12.1 Å². The fourth-order valence-corrected chi connectivity index (χ4v) is 1.51.